The van der Waals surface area contributed by atoms with Gasteiger partial charge in [0, 0.05) is 11.4 Å². The second-order valence-electron chi connectivity index (χ2n) is 4.34. The van der Waals surface area contributed by atoms with Crippen LogP contribution in [0.4, 0.5) is 5.69 Å². The summed E-state index contributed by atoms with van der Waals surface area (Å²) < 4.78 is 8.30. The first-order valence-electron chi connectivity index (χ1n) is 6.06. The number of nitrogens with zero attached hydrogens (tertiary/aromatic N) is 2. The maximum Gasteiger partial charge on any atom is 0.255 e. The van der Waals surface area contributed by atoms with Crippen LogP contribution in [-0.2, 0) is 5.88 Å². The van der Waals surface area contributed by atoms with E-state index in [0.29, 0.717) is 33.2 Å². The number of aromatic nitrogens is 2. The fourth-order valence-electron chi connectivity index (χ4n) is 1.88. The summed E-state index contributed by atoms with van der Waals surface area (Å²) in [5.41, 5.74) is 3.27. The number of nitrogens with one attached hydrogen (secondary N) is 1. The van der Waals surface area contributed by atoms with Crippen molar-refractivity contribution in [1.82, 2.24) is 8.75 Å². The van der Waals surface area contributed by atoms with Crippen molar-refractivity contribution in [3.8, 4) is 0 Å². The Labute approximate surface area is 135 Å². The summed E-state index contributed by atoms with van der Waals surface area (Å²) in [6.45, 7) is 0. The molecule has 3 aromatic rings. The largest absolute Gasteiger partial charge is 0.319 e. The third-order valence-corrected chi connectivity index (χ3v) is 4.15. The first-order chi connectivity index (χ1) is 10.2. The summed E-state index contributed by atoms with van der Waals surface area (Å²) >= 11 is 13.0. The van der Waals surface area contributed by atoms with E-state index in [1.54, 1.807) is 24.3 Å². The smallest absolute Gasteiger partial charge is 0.255 e. The van der Waals surface area contributed by atoms with Gasteiger partial charge in [-0.25, -0.2) is 0 Å². The van der Waals surface area contributed by atoms with E-state index in [2.05, 4.69) is 14.1 Å². The molecular formula is C14H9Cl2N3OS. The predicted octanol–water partition coefficient (Wildman–Crippen LogP) is 4.34. The van der Waals surface area contributed by atoms with Gasteiger partial charge in [0.05, 0.1) is 22.4 Å². The number of rotatable bonds is 3. The average molecular weight is 338 g/mol. The van der Waals surface area contributed by atoms with Gasteiger partial charge in [-0.15, -0.1) is 11.6 Å². The molecule has 2 aromatic carbocycles. The van der Waals surface area contributed by atoms with Gasteiger partial charge in [0.1, 0.15) is 11.0 Å². The van der Waals surface area contributed by atoms with Crippen molar-refractivity contribution in [3.05, 3.63) is 52.5 Å². The lowest BCUT2D eigenvalue weighted by molar-refractivity contribution is 0.102. The molecule has 0 aliphatic heterocycles. The number of hydrogen-bond donors (Lipinski definition) is 1. The molecular weight excluding hydrogens is 329 g/mol. The third-order valence-electron chi connectivity index (χ3n) is 2.99. The number of carbonyl (C=O) groups is 1. The lowest BCUT2D eigenvalue weighted by atomic mass is 10.1. The minimum atomic E-state index is -0.251. The van der Waals surface area contributed by atoms with Crippen LogP contribution >= 0.6 is 34.9 Å². The Morgan fingerprint density at radius 1 is 1.14 bits per heavy atom. The van der Waals surface area contributed by atoms with Crippen molar-refractivity contribution in [2.24, 2.45) is 0 Å². The number of hydrogen-bond acceptors (Lipinski definition) is 4. The second kappa shape index (κ2) is 5.97. The van der Waals surface area contributed by atoms with Crippen LogP contribution in [0.2, 0.25) is 5.02 Å². The maximum absolute atomic E-state index is 12.3. The number of benzene rings is 2. The molecule has 0 aliphatic rings. The van der Waals surface area contributed by atoms with Gasteiger partial charge >= 0.3 is 0 Å². The summed E-state index contributed by atoms with van der Waals surface area (Å²) in [4.78, 5) is 12.3. The molecule has 1 amide bonds. The summed E-state index contributed by atoms with van der Waals surface area (Å²) in [6.07, 6.45) is 0. The van der Waals surface area contributed by atoms with E-state index in [-0.39, 0.29) is 5.91 Å². The van der Waals surface area contributed by atoms with Gasteiger partial charge in [0.2, 0.25) is 0 Å². The number of fused-ring (bicyclic) bond motifs is 1. The van der Waals surface area contributed by atoms with Crippen molar-refractivity contribution >= 4 is 57.6 Å². The van der Waals surface area contributed by atoms with Gasteiger partial charge in [-0.2, -0.15) is 8.75 Å². The van der Waals surface area contributed by atoms with E-state index in [0.717, 1.165) is 17.3 Å². The SMILES string of the molecule is O=C(Nc1c(Cl)ccc2nsnc12)c1ccc(CCl)cc1. The summed E-state index contributed by atoms with van der Waals surface area (Å²) in [6, 6.07) is 10.5. The molecule has 0 spiro atoms. The summed E-state index contributed by atoms with van der Waals surface area (Å²) in [5.74, 6) is 0.163. The van der Waals surface area contributed by atoms with Crippen LogP contribution in [0.3, 0.4) is 0 Å². The van der Waals surface area contributed by atoms with Crippen LogP contribution in [0.5, 0.6) is 0 Å². The lowest BCUT2D eigenvalue weighted by Gasteiger charge is -2.08. The third kappa shape index (κ3) is 2.85. The van der Waals surface area contributed by atoms with E-state index >= 15 is 0 Å². The second-order valence-corrected chi connectivity index (χ2v) is 5.54. The molecule has 1 heterocycles. The summed E-state index contributed by atoms with van der Waals surface area (Å²) in [7, 11) is 0. The van der Waals surface area contributed by atoms with Crippen molar-refractivity contribution in [2.45, 2.75) is 5.88 Å². The Kier molecular flexibility index (Phi) is 4.05. The number of amides is 1. The predicted molar refractivity (Wildman–Crippen MR) is 86.4 cm³/mol. The molecule has 0 saturated heterocycles. The maximum atomic E-state index is 12.3. The van der Waals surface area contributed by atoms with Crippen LogP contribution in [0.25, 0.3) is 11.0 Å². The molecule has 3 rings (SSSR count). The highest BCUT2D eigenvalue weighted by Gasteiger charge is 2.14. The van der Waals surface area contributed by atoms with Crippen molar-refractivity contribution in [2.75, 3.05) is 5.32 Å². The monoisotopic (exact) mass is 337 g/mol. The molecule has 1 N–H and O–H groups in total. The van der Waals surface area contributed by atoms with E-state index in [4.69, 9.17) is 23.2 Å². The molecule has 0 fully saturated rings. The van der Waals surface area contributed by atoms with Crippen LogP contribution in [0.1, 0.15) is 15.9 Å². The molecule has 0 atom stereocenters. The lowest BCUT2D eigenvalue weighted by Crippen LogP contribution is -2.12. The molecule has 0 bridgehead atoms. The molecule has 1 aromatic heterocycles. The Balaban J connectivity index is 1.92. The fraction of sp³-hybridized carbons (Fsp3) is 0.0714. The van der Waals surface area contributed by atoms with Gasteiger partial charge in [-0.1, -0.05) is 23.7 Å². The first-order valence-corrected chi connectivity index (χ1v) is 7.70. The molecule has 21 heavy (non-hydrogen) atoms. The molecule has 106 valence electrons. The summed E-state index contributed by atoms with van der Waals surface area (Å²) in [5, 5.41) is 3.22. The molecule has 0 radical (unpaired) electrons. The minimum Gasteiger partial charge on any atom is -0.319 e. The van der Waals surface area contributed by atoms with Crippen LogP contribution in [-0.4, -0.2) is 14.7 Å². The van der Waals surface area contributed by atoms with Crippen LogP contribution in [0.15, 0.2) is 36.4 Å². The number of halogens is 2. The van der Waals surface area contributed by atoms with Gasteiger partial charge < -0.3 is 5.32 Å². The highest BCUT2D eigenvalue weighted by molar-refractivity contribution is 7.00. The van der Waals surface area contributed by atoms with Crippen molar-refractivity contribution < 1.29 is 4.79 Å². The van der Waals surface area contributed by atoms with E-state index in [1.807, 2.05) is 12.1 Å². The van der Waals surface area contributed by atoms with E-state index < -0.39 is 0 Å². The van der Waals surface area contributed by atoms with Gasteiger partial charge in [-0.3, -0.25) is 4.79 Å². The Hall–Kier alpha value is -1.69. The molecule has 0 unspecified atom stereocenters. The highest BCUT2D eigenvalue weighted by Crippen LogP contribution is 2.30. The molecule has 0 aliphatic carbocycles. The zero-order valence-electron chi connectivity index (χ0n) is 10.6. The topological polar surface area (TPSA) is 54.9 Å². The van der Waals surface area contributed by atoms with E-state index in [1.165, 1.54) is 0 Å². The van der Waals surface area contributed by atoms with Crippen LogP contribution < -0.4 is 5.32 Å². The Morgan fingerprint density at radius 2 is 1.90 bits per heavy atom. The zero-order valence-corrected chi connectivity index (χ0v) is 13.0. The molecule has 7 heteroatoms. The average Bonchev–Trinajstić information content (AvgIpc) is 2.99. The first kappa shape index (κ1) is 14.3. The van der Waals surface area contributed by atoms with Crippen molar-refractivity contribution in [1.29, 1.82) is 0 Å². The number of anilines is 1. The molecule has 4 nitrogen and oxygen atoms in total. The van der Waals surface area contributed by atoms with Crippen molar-refractivity contribution in [3.63, 3.8) is 0 Å². The number of alkyl halides is 1. The molecule has 0 saturated carbocycles. The van der Waals surface area contributed by atoms with Gasteiger partial charge in [0.25, 0.3) is 5.91 Å². The zero-order chi connectivity index (χ0) is 14.8. The number of carbonyl (C=O) groups excluding carboxylic acids is 1. The highest BCUT2D eigenvalue weighted by atomic mass is 35.5. The minimum absolute atomic E-state index is 0.251. The fourth-order valence-corrected chi connectivity index (χ4v) is 2.80. The standard InChI is InChI=1S/C14H9Cl2N3OS/c15-7-8-1-3-9(4-2-8)14(20)17-12-10(16)5-6-11-13(12)19-21-18-11/h1-6H,7H2,(H,17,20). The Morgan fingerprint density at radius 3 is 2.62 bits per heavy atom. The van der Waals surface area contributed by atoms with E-state index in [9.17, 15) is 4.79 Å². The van der Waals surface area contributed by atoms with Gasteiger partial charge in [0.15, 0.2) is 0 Å². The Bertz CT molecular complexity index is 802. The van der Waals surface area contributed by atoms with Gasteiger partial charge in [-0.05, 0) is 29.8 Å². The quantitative estimate of drug-likeness (QED) is 0.723. The normalized spacial score (nSPS) is 10.8. The van der Waals surface area contributed by atoms with Crippen LogP contribution in [0, 0.1) is 0 Å².